The van der Waals surface area contributed by atoms with Crippen molar-refractivity contribution < 1.29 is 0 Å². The first-order chi connectivity index (χ1) is 5.79. The molecule has 2 aliphatic rings. The van der Waals surface area contributed by atoms with E-state index in [1.165, 1.54) is 39.1 Å². The summed E-state index contributed by atoms with van der Waals surface area (Å²) in [6.45, 7) is 8.90. The molecule has 2 heterocycles. The third-order valence-electron chi connectivity index (χ3n) is 3.52. The molecule has 2 heteroatoms. The SMILES string of the molecule is CCN1CC[C@@H]2CN(C)C[C@@H]2C1. The van der Waals surface area contributed by atoms with Crippen LogP contribution in [0, 0.1) is 11.8 Å². The standard InChI is InChI=1S/C10H20N2/c1-3-12-5-4-9-6-11(2)7-10(9)8-12/h9-10H,3-8H2,1-2H3/t9-,10-/m1/s1. The van der Waals surface area contributed by atoms with Crippen molar-refractivity contribution in [3.8, 4) is 0 Å². The fourth-order valence-electron chi connectivity index (χ4n) is 2.77. The first kappa shape index (κ1) is 8.52. The molecule has 2 nitrogen and oxygen atoms in total. The number of piperidine rings is 1. The van der Waals surface area contributed by atoms with Crippen LogP contribution in [0.4, 0.5) is 0 Å². The minimum absolute atomic E-state index is 0.976. The Hall–Kier alpha value is -0.0800. The Kier molecular flexibility index (Phi) is 2.37. The molecule has 0 spiro atoms. The molecule has 0 aliphatic carbocycles. The molecule has 0 radical (unpaired) electrons. The minimum atomic E-state index is 0.976. The molecule has 0 aromatic rings. The van der Waals surface area contributed by atoms with Gasteiger partial charge in [0.25, 0.3) is 0 Å². The molecule has 2 saturated heterocycles. The van der Waals surface area contributed by atoms with Crippen LogP contribution in [0.5, 0.6) is 0 Å². The fourth-order valence-corrected chi connectivity index (χ4v) is 2.77. The maximum Gasteiger partial charge on any atom is 0.00249 e. The molecule has 2 fully saturated rings. The summed E-state index contributed by atoms with van der Waals surface area (Å²) in [6.07, 6.45) is 1.43. The van der Waals surface area contributed by atoms with Gasteiger partial charge in [-0.05, 0) is 38.4 Å². The smallest absolute Gasteiger partial charge is 0.00249 e. The Balaban J connectivity index is 1.93. The Morgan fingerprint density at radius 2 is 1.92 bits per heavy atom. The zero-order chi connectivity index (χ0) is 8.55. The number of rotatable bonds is 1. The molecule has 2 aliphatic heterocycles. The lowest BCUT2D eigenvalue weighted by molar-refractivity contribution is 0.155. The first-order valence-electron chi connectivity index (χ1n) is 5.20. The predicted octanol–water partition coefficient (Wildman–Crippen LogP) is 0.890. The van der Waals surface area contributed by atoms with Gasteiger partial charge in [0.1, 0.15) is 0 Å². The molecule has 0 unspecified atom stereocenters. The third-order valence-corrected chi connectivity index (χ3v) is 3.52. The van der Waals surface area contributed by atoms with E-state index in [9.17, 15) is 0 Å². The highest BCUT2D eigenvalue weighted by molar-refractivity contribution is 4.88. The van der Waals surface area contributed by atoms with Crippen LogP contribution < -0.4 is 0 Å². The summed E-state index contributed by atoms with van der Waals surface area (Å²) in [6, 6.07) is 0. The van der Waals surface area contributed by atoms with Gasteiger partial charge in [-0.1, -0.05) is 6.92 Å². The van der Waals surface area contributed by atoms with Crippen LogP contribution in [0.2, 0.25) is 0 Å². The lowest BCUT2D eigenvalue weighted by Gasteiger charge is -2.33. The molecule has 2 atom stereocenters. The quantitative estimate of drug-likeness (QED) is 0.574. The average Bonchev–Trinajstić information content (AvgIpc) is 2.43. The van der Waals surface area contributed by atoms with Gasteiger partial charge in [0.15, 0.2) is 0 Å². The molecule has 0 aromatic heterocycles. The van der Waals surface area contributed by atoms with Crippen molar-refractivity contribution >= 4 is 0 Å². The summed E-state index contributed by atoms with van der Waals surface area (Å²) in [7, 11) is 2.26. The highest BCUT2D eigenvalue weighted by Crippen LogP contribution is 2.29. The first-order valence-corrected chi connectivity index (χ1v) is 5.20. The summed E-state index contributed by atoms with van der Waals surface area (Å²) in [5.41, 5.74) is 0. The highest BCUT2D eigenvalue weighted by atomic mass is 15.2. The third kappa shape index (κ3) is 1.50. The maximum absolute atomic E-state index is 2.60. The van der Waals surface area contributed by atoms with Crippen LogP contribution in [-0.4, -0.2) is 49.6 Å². The van der Waals surface area contributed by atoms with Crippen LogP contribution in [0.1, 0.15) is 13.3 Å². The normalized spacial score (nSPS) is 38.5. The molecule has 70 valence electrons. The van der Waals surface area contributed by atoms with E-state index in [2.05, 4.69) is 23.8 Å². The van der Waals surface area contributed by atoms with E-state index in [0.717, 1.165) is 11.8 Å². The van der Waals surface area contributed by atoms with Gasteiger partial charge in [0.05, 0.1) is 0 Å². The largest absolute Gasteiger partial charge is 0.306 e. The van der Waals surface area contributed by atoms with E-state index in [1.807, 2.05) is 0 Å². The van der Waals surface area contributed by atoms with Gasteiger partial charge in [0, 0.05) is 19.6 Å². The van der Waals surface area contributed by atoms with Crippen molar-refractivity contribution in [1.29, 1.82) is 0 Å². The Morgan fingerprint density at radius 1 is 1.17 bits per heavy atom. The molecule has 0 amide bonds. The van der Waals surface area contributed by atoms with Gasteiger partial charge < -0.3 is 9.80 Å². The lowest BCUT2D eigenvalue weighted by Crippen LogP contribution is -2.39. The number of hydrogen-bond donors (Lipinski definition) is 0. The highest BCUT2D eigenvalue weighted by Gasteiger charge is 2.34. The van der Waals surface area contributed by atoms with E-state index in [1.54, 1.807) is 0 Å². The van der Waals surface area contributed by atoms with Crippen molar-refractivity contribution in [3.05, 3.63) is 0 Å². The summed E-state index contributed by atoms with van der Waals surface area (Å²) < 4.78 is 0. The summed E-state index contributed by atoms with van der Waals surface area (Å²) in [4.78, 5) is 5.09. The molecule has 12 heavy (non-hydrogen) atoms. The molecule has 0 N–H and O–H groups in total. The van der Waals surface area contributed by atoms with Crippen LogP contribution in [0.15, 0.2) is 0 Å². The van der Waals surface area contributed by atoms with E-state index >= 15 is 0 Å². The van der Waals surface area contributed by atoms with Crippen molar-refractivity contribution in [1.82, 2.24) is 9.80 Å². The molecule has 0 bridgehead atoms. The fraction of sp³-hybridized carbons (Fsp3) is 1.00. The summed E-state index contributed by atoms with van der Waals surface area (Å²) >= 11 is 0. The molecular weight excluding hydrogens is 148 g/mol. The number of nitrogens with zero attached hydrogens (tertiary/aromatic N) is 2. The van der Waals surface area contributed by atoms with Gasteiger partial charge in [0.2, 0.25) is 0 Å². The Morgan fingerprint density at radius 3 is 2.67 bits per heavy atom. The summed E-state index contributed by atoms with van der Waals surface area (Å²) in [5.74, 6) is 1.99. The van der Waals surface area contributed by atoms with Crippen LogP contribution in [0.3, 0.4) is 0 Å². The second-order valence-corrected chi connectivity index (χ2v) is 4.42. The number of fused-ring (bicyclic) bond motifs is 1. The Bertz CT molecular complexity index is 158. The maximum atomic E-state index is 2.60. The topological polar surface area (TPSA) is 6.48 Å². The van der Waals surface area contributed by atoms with Gasteiger partial charge in [-0.25, -0.2) is 0 Å². The monoisotopic (exact) mass is 168 g/mol. The van der Waals surface area contributed by atoms with Crippen molar-refractivity contribution in [2.75, 3.05) is 39.8 Å². The van der Waals surface area contributed by atoms with Crippen molar-refractivity contribution in [2.24, 2.45) is 11.8 Å². The van der Waals surface area contributed by atoms with Gasteiger partial charge in [-0.2, -0.15) is 0 Å². The van der Waals surface area contributed by atoms with Gasteiger partial charge in [-0.3, -0.25) is 0 Å². The Labute approximate surface area is 75.5 Å². The second kappa shape index (κ2) is 3.35. The number of hydrogen-bond acceptors (Lipinski definition) is 2. The van der Waals surface area contributed by atoms with E-state index in [0.29, 0.717) is 0 Å². The predicted molar refractivity (Wildman–Crippen MR) is 51.2 cm³/mol. The molecule has 0 saturated carbocycles. The van der Waals surface area contributed by atoms with Crippen LogP contribution in [0.25, 0.3) is 0 Å². The molecule has 0 aromatic carbocycles. The van der Waals surface area contributed by atoms with Gasteiger partial charge in [-0.15, -0.1) is 0 Å². The van der Waals surface area contributed by atoms with Crippen LogP contribution in [-0.2, 0) is 0 Å². The lowest BCUT2D eigenvalue weighted by atomic mass is 9.89. The number of likely N-dealkylation sites (tertiary alicyclic amines) is 2. The molecule has 2 rings (SSSR count). The summed E-state index contributed by atoms with van der Waals surface area (Å²) in [5, 5.41) is 0. The van der Waals surface area contributed by atoms with E-state index in [-0.39, 0.29) is 0 Å². The van der Waals surface area contributed by atoms with Crippen molar-refractivity contribution in [3.63, 3.8) is 0 Å². The van der Waals surface area contributed by atoms with Crippen molar-refractivity contribution in [2.45, 2.75) is 13.3 Å². The minimum Gasteiger partial charge on any atom is -0.306 e. The van der Waals surface area contributed by atoms with Crippen LogP contribution >= 0.6 is 0 Å². The molecular formula is C10H20N2. The van der Waals surface area contributed by atoms with E-state index in [4.69, 9.17) is 0 Å². The van der Waals surface area contributed by atoms with E-state index < -0.39 is 0 Å². The van der Waals surface area contributed by atoms with Gasteiger partial charge >= 0.3 is 0 Å². The average molecular weight is 168 g/mol. The zero-order valence-corrected chi connectivity index (χ0v) is 8.29. The second-order valence-electron chi connectivity index (χ2n) is 4.42. The zero-order valence-electron chi connectivity index (χ0n) is 8.29.